The van der Waals surface area contributed by atoms with Gasteiger partial charge in [-0.1, -0.05) is 42.1 Å². The van der Waals surface area contributed by atoms with Crippen LogP contribution < -0.4 is 5.32 Å². The Morgan fingerprint density at radius 1 is 1.35 bits per heavy atom. The minimum atomic E-state index is -0.687. The van der Waals surface area contributed by atoms with Gasteiger partial charge < -0.3 is 10.1 Å². The topological polar surface area (TPSA) is 68.3 Å². The zero-order valence-electron chi connectivity index (χ0n) is 12.9. The molecular formula is C16H18N2O3S2. The predicted octanol–water partition coefficient (Wildman–Crippen LogP) is 2.44. The summed E-state index contributed by atoms with van der Waals surface area (Å²) < 4.78 is 5.62. The Morgan fingerprint density at radius 3 is 2.70 bits per heavy atom. The zero-order chi connectivity index (χ0) is 16.7. The van der Waals surface area contributed by atoms with E-state index in [1.54, 1.807) is 0 Å². The molecular weight excluding hydrogens is 332 g/mol. The third-order valence-corrected chi connectivity index (χ3v) is 5.17. The second-order valence-electron chi connectivity index (χ2n) is 4.88. The molecule has 0 saturated heterocycles. The van der Waals surface area contributed by atoms with Crippen molar-refractivity contribution in [1.29, 1.82) is 0 Å². The van der Waals surface area contributed by atoms with Crippen LogP contribution in [0.1, 0.15) is 11.3 Å². The number of nitrogens with one attached hydrogen (secondary N) is 1. The van der Waals surface area contributed by atoms with Crippen molar-refractivity contribution in [2.45, 2.75) is 23.7 Å². The molecule has 0 aliphatic rings. The predicted molar refractivity (Wildman–Crippen MR) is 91.7 cm³/mol. The normalized spacial score (nSPS) is 11.7. The van der Waals surface area contributed by atoms with Crippen molar-refractivity contribution in [1.82, 2.24) is 10.3 Å². The van der Waals surface area contributed by atoms with Gasteiger partial charge in [0.1, 0.15) is 6.04 Å². The minimum absolute atomic E-state index is 0.214. The van der Waals surface area contributed by atoms with Gasteiger partial charge in [-0.2, -0.15) is 0 Å². The summed E-state index contributed by atoms with van der Waals surface area (Å²) in [6.45, 7) is 1.91. The summed E-state index contributed by atoms with van der Waals surface area (Å²) in [5.74, 6) is -0.443. The Balaban J connectivity index is 1.91. The molecule has 1 heterocycles. The van der Waals surface area contributed by atoms with Crippen molar-refractivity contribution in [2.75, 3.05) is 12.9 Å². The average molecular weight is 350 g/mol. The maximum absolute atomic E-state index is 12.1. The second kappa shape index (κ2) is 8.69. The first-order valence-electron chi connectivity index (χ1n) is 7.04. The van der Waals surface area contributed by atoms with Crippen LogP contribution in [-0.4, -0.2) is 35.8 Å². The summed E-state index contributed by atoms with van der Waals surface area (Å²) in [7, 11) is 1.32. The highest BCUT2D eigenvalue weighted by atomic mass is 32.2. The molecule has 0 aliphatic carbocycles. The molecule has 122 valence electrons. The van der Waals surface area contributed by atoms with Crippen LogP contribution >= 0.6 is 23.1 Å². The van der Waals surface area contributed by atoms with Crippen LogP contribution in [0.2, 0.25) is 0 Å². The van der Waals surface area contributed by atoms with Crippen LogP contribution in [0.4, 0.5) is 0 Å². The molecule has 0 unspecified atom stereocenters. The molecule has 1 aromatic carbocycles. The zero-order valence-corrected chi connectivity index (χ0v) is 14.6. The number of nitrogens with zero attached hydrogens (tertiary/aromatic N) is 1. The van der Waals surface area contributed by atoms with Gasteiger partial charge in [0.25, 0.3) is 0 Å². The summed E-state index contributed by atoms with van der Waals surface area (Å²) in [6, 6.07) is 8.83. The van der Waals surface area contributed by atoms with E-state index < -0.39 is 12.0 Å². The maximum atomic E-state index is 12.1. The van der Waals surface area contributed by atoms with E-state index in [0.717, 1.165) is 15.6 Å². The van der Waals surface area contributed by atoms with Crippen LogP contribution in [-0.2, 0) is 20.7 Å². The molecule has 1 aromatic heterocycles. The molecule has 2 aromatic rings. The van der Waals surface area contributed by atoms with Crippen molar-refractivity contribution >= 4 is 35.0 Å². The number of carbonyl (C=O) groups excluding carboxylic acids is 2. The van der Waals surface area contributed by atoms with Gasteiger partial charge in [0.2, 0.25) is 5.91 Å². The van der Waals surface area contributed by atoms with Crippen LogP contribution in [0, 0.1) is 6.92 Å². The number of amides is 1. The SMILES string of the molecule is COC(=O)[C@H](Cc1ccccc1)NC(=O)CSc1nc(C)cs1. The molecule has 0 aliphatic heterocycles. The number of hydrogen-bond donors (Lipinski definition) is 1. The number of ether oxygens (including phenoxy) is 1. The Kier molecular flexibility index (Phi) is 6.61. The molecule has 0 saturated carbocycles. The molecule has 7 heteroatoms. The Morgan fingerprint density at radius 2 is 2.09 bits per heavy atom. The summed E-state index contributed by atoms with van der Waals surface area (Å²) in [4.78, 5) is 28.2. The van der Waals surface area contributed by atoms with E-state index in [0.29, 0.717) is 6.42 Å². The molecule has 0 fully saturated rings. The fourth-order valence-electron chi connectivity index (χ4n) is 1.95. The van der Waals surface area contributed by atoms with E-state index in [4.69, 9.17) is 4.74 Å². The lowest BCUT2D eigenvalue weighted by molar-refractivity contribution is -0.144. The van der Waals surface area contributed by atoms with Gasteiger partial charge in [0, 0.05) is 17.5 Å². The largest absolute Gasteiger partial charge is 0.467 e. The molecule has 1 atom stereocenters. The van der Waals surface area contributed by atoms with Crippen LogP contribution in [0.3, 0.4) is 0 Å². The number of aromatic nitrogens is 1. The summed E-state index contributed by atoms with van der Waals surface area (Å²) >= 11 is 2.86. The third-order valence-electron chi connectivity index (χ3n) is 3.03. The van der Waals surface area contributed by atoms with Gasteiger partial charge in [0.15, 0.2) is 4.34 Å². The van der Waals surface area contributed by atoms with Crippen molar-refractivity contribution in [3.63, 3.8) is 0 Å². The molecule has 1 amide bonds. The minimum Gasteiger partial charge on any atom is -0.467 e. The highest BCUT2D eigenvalue weighted by molar-refractivity contribution is 8.01. The molecule has 0 spiro atoms. The van der Waals surface area contributed by atoms with Crippen molar-refractivity contribution in [2.24, 2.45) is 0 Å². The van der Waals surface area contributed by atoms with Crippen LogP contribution in [0.25, 0.3) is 0 Å². The van der Waals surface area contributed by atoms with Crippen LogP contribution in [0.15, 0.2) is 40.1 Å². The fraction of sp³-hybridized carbons (Fsp3) is 0.312. The van der Waals surface area contributed by atoms with Gasteiger partial charge >= 0.3 is 5.97 Å². The van der Waals surface area contributed by atoms with E-state index in [9.17, 15) is 9.59 Å². The monoisotopic (exact) mass is 350 g/mol. The molecule has 0 radical (unpaired) electrons. The van der Waals surface area contributed by atoms with E-state index in [2.05, 4.69) is 10.3 Å². The molecule has 1 N–H and O–H groups in total. The number of thioether (sulfide) groups is 1. The Bertz CT molecular complexity index is 658. The van der Waals surface area contributed by atoms with Gasteiger partial charge in [-0.3, -0.25) is 4.79 Å². The highest BCUT2D eigenvalue weighted by Crippen LogP contribution is 2.21. The summed E-state index contributed by atoms with van der Waals surface area (Å²) in [5, 5.41) is 4.67. The first-order valence-corrected chi connectivity index (χ1v) is 8.91. The summed E-state index contributed by atoms with van der Waals surface area (Å²) in [5.41, 5.74) is 1.90. The first-order chi connectivity index (χ1) is 11.1. The van der Waals surface area contributed by atoms with E-state index in [-0.39, 0.29) is 11.7 Å². The Hall–Kier alpha value is -1.86. The van der Waals surface area contributed by atoms with Crippen molar-refractivity contribution in [3.8, 4) is 0 Å². The van der Waals surface area contributed by atoms with E-state index in [1.807, 2.05) is 42.6 Å². The fourth-order valence-corrected chi connectivity index (χ4v) is 3.61. The summed E-state index contributed by atoms with van der Waals surface area (Å²) in [6.07, 6.45) is 0.403. The van der Waals surface area contributed by atoms with Crippen molar-refractivity contribution < 1.29 is 14.3 Å². The lowest BCUT2D eigenvalue weighted by Gasteiger charge is -2.16. The second-order valence-corrected chi connectivity index (χ2v) is 6.96. The average Bonchev–Trinajstić information content (AvgIpc) is 2.98. The van der Waals surface area contributed by atoms with Gasteiger partial charge in [-0.25, -0.2) is 9.78 Å². The van der Waals surface area contributed by atoms with E-state index in [1.165, 1.54) is 30.2 Å². The third kappa shape index (κ3) is 5.69. The maximum Gasteiger partial charge on any atom is 0.328 e. The lowest BCUT2D eigenvalue weighted by Crippen LogP contribution is -2.43. The van der Waals surface area contributed by atoms with Gasteiger partial charge in [-0.15, -0.1) is 11.3 Å². The number of hydrogen-bond acceptors (Lipinski definition) is 6. The number of carbonyl (C=O) groups is 2. The number of aryl methyl sites for hydroxylation is 1. The van der Waals surface area contributed by atoms with Crippen LogP contribution in [0.5, 0.6) is 0 Å². The molecule has 0 bridgehead atoms. The van der Waals surface area contributed by atoms with Crippen molar-refractivity contribution in [3.05, 3.63) is 47.0 Å². The number of benzene rings is 1. The van der Waals surface area contributed by atoms with E-state index >= 15 is 0 Å². The Labute approximate surface area is 143 Å². The number of rotatable bonds is 7. The quantitative estimate of drug-likeness (QED) is 0.614. The smallest absolute Gasteiger partial charge is 0.328 e. The highest BCUT2D eigenvalue weighted by Gasteiger charge is 2.22. The molecule has 5 nitrogen and oxygen atoms in total. The molecule has 2 rings (SSSR count). The standard InChI is InChI=1S/C16H18N2O3S2/c1-11-9-22-16(17-11)23-10-14(19)18-13(15(20)21-2)8-12-6-4-3-5-7-12/h3-7,9,13H,8,10H2,1-2H3,(H,18,19)/t13-/m0/s1. The lowest BCUT2D eigenvalue weighted by atomic mass is 10.1. The number of thiazole rings is 1. The van der Waals surface area contributed by atoms with Gasteiger partial charge in [0.05, 0.1) is 12.9 Å². The number of esters is 1. The molecule has 23 heavy (non-hydrogen) atoms. The number of methoxy groups -OCH3 is 1. The van der Waals surface area contributed by atoms with Gasteiger partial charge in [-0.05, 0) is 12.5 Å². The first kappa shape index (κ1) is 17.5.